The smallest absolute Gasteiger partial charge is 0.238 e. The van der Waals surface area contributed by atoms with Gasteiger partial charge in [-0.1, -0.05) is 56.0 Å². The van der Waals surface area contributed by atoms with Crippen LogP contribution in [0.15, 0.2) is 35.7 Å². The summed E-state index contributed by atoms with van der Waals surface area (Å²) in [6.45, 7) is 0. The molecule has 1 aromatic carbocycles. The maximum Gasteiger partial charge on any atom is 0.238 e. The molecule has 162 valence electrons. The molecule has 1 fully saturated rings. The van der Waals surface area contributed by atoms with Crippen molar-refractivity contribution in [3.05, 3.63) is 41.3 Å². The lowest BCUT2D eigenvalue weighted by atomic mass is 10.1. The number of rotatable bonds is 9. The molecule has 0 saturated heterocycles. The largest absolute Gasteiger partial charge is 0.352 e. The highest BCUT2D eigenvalue weighted by molar-refractivity contribution is 7.92. The molecule has 0 aromatic heterocycles. The van der Waals surface area contributed by atoms with E-state index in [0.717, 1.165) is 50.2 Å². The van der Waals surface area contributed by atoms with Crippen molar-refractivity contribution in [3.63, 3.8) is 0 Å². The average molecular weight is 443 g/mol. The highest BCUT2D eigenvalue weighted by Crippen LogP contribution is 2.17. The second kappa shape index (κ2) is 10.9. The second-order valence-electron chi connectivity index (χ2n) is 7.54. The van der Waals surface area contributed by atoms with Gasteiger partial charge in [-0.25, -0.2) is 16.8 Å². The Labute approximate surface area is 173 Å². The lowest BCUT2D eigenvalue weighted by Gasteiger charge is -2.22. The van der Waals surface area contributed by atoms with E-state index in [1.807, 2.05) is 6.07 Å². The van der Waals surface area contributed by atoms with Crippen LogP contribution in [0.1, 0.15) is 50.5 Å². The number of hydrogen-bond acceptors (Lipinski definition) is 5. The van der Waals surface area contributed by atoms with Crippen LogP contribution in [0.4, 0.5) is 0 Å². The molecule has 1 aliphatic carbocycles. The minimum Gasteiger partial charge on any atom is -0.352 e. The van der Waals surface area contributed by atoms with E-state index in [1.165, 1.54) is 6.08 Å². The van der Waals surface area contributed by atoms with Gasteiger partial charge in [-0.3, -0.25) is 4.79 Å². The monoisotopic (exact) mass is 442 g/mol. The SMILES string of the molecule is CS(=O)(=O)CCC(NS(=O)(=O)/C=C/c1ccccc1)C(=O)NC1CCCCCC1. The van der Waals surface area contributed by atoms with Gasteiger partial charge in [-0.15, -0.1) is 0 Å². The zero-order chi connectivity index (χ0) is 21.3. The molecule has 1 atom stereocenters. The topological polar surface area (TPSA) is 109 Å². The van der Waals surface area contributed by atoms with Crippen molar-refractivity contribution in [2.75, 3.05) is 12.0 Å². The molecule has 1 amide bonds. The van der Waals surface area contributed by atoms with Crippen LogP contribution in [0, 0.1) is 0 Å². The first-order chi connectivity index (χ1) is 13.6. The highest BCUT2D eigenvalue weighted by atomic mass is 32.2. The predicted molar refractivity (Wildman–Crippen MR) is 115 cm³/mol. The Hall–Kier alpha value is -1.71. The Balaban J connectivity index is 2.09. The lowest BCUT2D eigenvalue weighted by molar-refractivity contribution is -0.123. The Morgan fingerprint density at radius 3 is 2.28 bits per heavy atom. The summed E-state index contributed by atoms with van der Waals surface area (Å²) in [5.41, 5.74) is 0.702. The molecule has 0 heterocycles. The number of carbonyl (C=O) groups is 1. The molecule has 2 rings (SSSR count). The fourth-order valence-electron chi connectivity index (χ4n) is 3.27. The summed E-state index contributed by atoms with van der Waals surface area (Å²) < 4.78 is 50.4. The number of amides is 1. The third-order valence-corrected chi connectivity index (χ3v) is 6.93. The standard InChI is InChI=1S/C20H30N2O5S2/c1-28(24,25)15-14-19(20(23)21-18-11-7-2-3-8-12-18)22-29(26,27)16-13-17-9-5-4-6-10-17/h4-6,9-10,13,16,18-19,22H,2-3,7-8,11-12,14-15H2,1H3,(H,21,23)/b16-13+. The fraction of sp³-hybridized carbons (Fsp3) is 0.550. The van der Waals surface area contributed by atoms with Gasteiger partial charge in [0.25, 0.3) is 0 Å². The van der Waals surface area contributed by atoms with Crippen LogP contribution in [0.3, 0.4) is 0 Å². The van der Waals surface area contributed by atoms with E-state index in [9.17, 15) is 21.6 Å². The summed E-state index contributed by atoms with van der Waals surface area (Å²) in [5.74, 6) is -0.752. The van der Waals surface area contributed by atoms with E-state index in [1.54, 1.807) is 24.3 Å². The molecule has 1 saturated carbocycles. The molecule has 0 radical (unpaired) electrons. The summed E-state index contributed by atoms with van der Waals surface area (Å²) in [6.07, 6.45) is 8.37. The molecular weight excluding hydrogens is 412 g/mol. The van der Waals surface area contributed by atoms with E-state index in [4.69, 9.17) is 0 Å². The summed E-state index contributed by atoms with van der Waals surface area (Å²) in [5, 5.41) is 3.90. The number of nitrogens with one attached hydrogen (secondary N) is 2. The molecular formula is C20H30N2O5S2. The summed E-state index contributed by atoms with van der Waals surface area (Å²) in [6, 6.07) is 7.76. The molecule has 2 N–H and O–H groups in total. The van der Waals surface area contributed by atoms with E-state index in [0.29, 0.717) is 5.56 Å². The van der Waals surface area contributed by atoms with Crippen molar-refractivity contribution in [2.24, 2.45) is 0 Å². The Bertz CT molecular complexity index is 888. The van der Waals surface area contributed by atoms with E-state index < -0.39 is 31.8 Å². The minimum atomic E-state index is -3.93. The first-order valence-electron chi connectivity index (χ1n) is 9.88. The van der Waals surface area contributed by atoms with E-state index in [-0.39, 0.29) is 18.2 Å². The third-order valence-electron chi connectivity index (χ3n) is 4.84. The van der Waals surface area contributed by atoms with Crippen LogP contribution in [0.5, 0.6) is 0 Å². The lowest BCUT2D eigenvalue weighted by Crippen LogP contribution is -2.49. The molecule has 7 nitrogen and oxygen atoms in total. The van der Waals surface area contributed by atoms with E-state index >= 15 is 0 Å². The van der Waals surface area contributed by atoms with Crippen LogP contribution in [0.25, 0.3) is 6.08 Å². The van der Waals surface area contributed by atoms with Gasteiger partial charge in [-0.2, -0.15) is 4.72 Å². The number of hydrogen-bond donors (Lipinski definition) is 2. The minimum absolute atomic E-state index is 0.00454. The van der Waals surface area contributed by atoms with Gasteiger partial charge >= 0.3 is 0 Å². The maximum absolute atomic E-state index is 12.7. The molecule has 0 bridgehead atoms. The second-order valence-corrected chi connectivity index (χ2v) is 11.4. The fourth-order valence-corrected chi connectivity index (χ4v) is 4.97. The Morgan fingerprint density at radius 1 is 1.07 bits per heavy atom. The highest BCUT2D eigenvalue weighted by Gasteiger charge is 2.26. The zero-order valence-electron chi connectivity index (χ0n) is 16.7. The van der Waals surface area contributed by atoms with Crippen molar-refractivity contribution < 1.29 is 21.6 Å². The number of sulfone groups is 1. The summed E-state index contributed by atoms with van der Waals surface area (Å²) in [7, 11) is -7.26. The van der Waals surface area contributed by atoms with Gasteiger partial charge in [0.2, 0.25) is 15.9 Å². The average Bonchev–Trinajstić information content (AvgIpc) is 2.92. The predicted octanol–water partition coefficient (Wildman–Crippen LogP) is 2.22. The molecule has 0 aliphatic heterocycles. The first kappa shape index (κ1) is 23.6. The van der Waals surface area contributed by atoms with Crippen LogP contribution in [0.2, 0.25) is 0 Å². The van der Waals surface area contributed by atoms with Gasteiger partial charge in [0.1, 0.15) is 15.9 Å². The zero-order valence-corrected chi connectivity index (χ0v) is 18.3. The van der Waals surface area contributed by atoms with Crippen molar-refractivity contribution in [3.8, 4) is 0 Å². The van der Waals surface area contributed by atoms with Gasteiger partial charge in [0, 0.05) is 17.7 Å². The number of carbonyl (C=O) groups excluding carboxylic acids is 1. The van der Waals surface area contributed by atoms with Crippen molar-refractivity contribution in [2.45, 2.75) is 57.0 Å². The summed E-state index contributed by atoms with van der Waals surface area (Å²) >= 11 is 0. The normalized spacial score (nSPS) is 17.7. The molecule has 29 heavy (non-hydrogen) atoms. The van der Waals surface area contributed by atoms with Crippen LogP contribution in [-0.4, -0.2) is 46.8 Å². The molecule has 9 heteroatoms. The molecule has 1 aromatic rings. The third kappa shape index (κ3) is 9.56. The van der Waals surface area contributed by atoms with Crippen LogP contribution >= 0.6 is 0 Å². The van der Waals surface area contributed by atoms with Crippen LogP contribution < -0.4 is 10.0 Å². The van der Waals surface area contributed by atoms with Crippen LogP contribution in [-0.2, 0) is 24.7 Å². The Kier molecular flexibility index (Phi) is 8.85. The van der Waals surface area contributed by atoms with E-state index in [2.05, 4.69) is 10.0 Å². The van der Waals surface area contributed by atoms with Crippen molar-refractivity contribution >= 4 is 31.8 Å². The quantitative estimate of drug-likeness (QED) is 0.570. The van der Waals surface area contributed by atoms with Gasteiger partial charge < -0.3 is 5.32 Å². The number of sulfonamides is 1. The number of benzene rings is 1. The molecule has 0 spiro atoms. The summed E-state index contributed by atoms with van der Waals surface area (Å²) in [4.78, 5) is 12.7. The van der Waals surface area contributed by atoms with Gasteiger partial charge in [-0.05, 0) is 30.9 Å². The van der Waals surface area contributed by atoms with Gasteiger partial charge in [0.05, 0.1) is 5.75 Å². The van der Waals surface area contributed by atoms with Crippen molar-refractivity contribution in [1.82, 2.24) is 10.0 Å². The van der Waals surface area contributed by atoms with Gasteiger partial charge in [0.15, 0.2) is 0 Å². The Morgan fingerprint density at radius 2 is 1.69 bits per heavy atom. The maximum atomic E-state index is 12.7. The molecule has 1 aliphatic rings. The first-order valence-corrected chi connectivity index (χ1v) is 13.5. The van der Waals surface area contributed by atoms with Crippen molar-refractivity contribution in [1.29, 1.82) is 0 Å². The molecule has 1 unspecified atom stereocenters.